The highest BCUT2D eigenvalue weighted by molar-refractivity contribution is 5.83. The van der Waals surface area contributed by atoms with Crippen LogP contribution in [-0.4, -0.2) is 26.2 Å². The Kier molecular flexibility index (Phi) is 3.36. The second-order valence-corrected chi connectivity index (χ2v) is 3.19. The number of amides is 1. The van der Waals surface area contributed by atoms with Gasteiger partial charge in [0.05, 0.1) is 0 Å². The van der Waals surface area contributed by atoms with Crippen LogP contribution in [0.25, 0.3) is 0 Å². The van der Waals surface area contributed by atoms with E-state index in [0.717, 1.165) is 11.3 Å². The van der Waals surface area contributed by atoms with Crippen molar-refractivity contribution in [3.8, 4) is 0 Å². The Morgan fingerprint density at radius 3 is 2.92 bits per heavy atom. The van der Waals surface area contributed by atoms with Gasteiger partial charge in [-0.25, -0.2) is 5.43 Å². The predicted molar refractivity (Wildman–Crippen MR) is 46.3 cm³/mol. The largest absolute Gasteiger partial charge is 0.273 e. The summed E-state index contributed by atoms with van der Waals surface area (Å²) in [5, 5.41) is 10.6. The molecule has 0 aliphatic carbocycles. The molecule has 72 valence electrons. The van der Waals surface area contributed by atoms with Gasteiger partial charge in [0, 0.05) is 6.42 Å². The molecule has 13 heavy (non-hydrogen) atoms. The zero-order valence-electron chi connectivity index (χ0n) is 7.77. The van der Waals surface area contributed by atoms with Crippen molar-refractivity contribution >= 4 is 5.91 Å². The topological polar surface area (TPSA) is 72.7 Å². The van der Waals surface area contributed by atoms with Gasteiger partial charge in [-0.05, 0) is 17.6 Å². The third kappa shape index (κ3) is 3.64. The lowest BCUT2D eigenvalue weighted by molar-refractivity contribution is -0.117. The molecule has 0 aliphatic heterocycles. The van der Waals surface area contributed by atoms with Crippen LogP contribution in [0.15, 0.2) is 6.33 Å². The number of hydrogen-bond donors (Lipinski definition) is 1. The molecule has 0 atom stereocenters. The van der Waals surface area contributed by atoms with Crippen molar-refractivity contribution < 1.29 is 4.79 Å². The van der Waals surface area contributed by atoms with Gasteiger partial charge in [-0.2, -0.15) is 0 Å². The van der Waals surface area contributed by atoms with E-state index in [2.05, 4.69) is 34.7 Å². The Balaban J connectivity index is 2.26. The van der Waals surface area contributed by atoms with E-state index in [1.807, 2.05) is 0 Å². The molecule has 0 radical (unpaired) electrons. The first kappa shape index (κ1) is 9.63. The minimum Gasteiger partial charge on any atom is -0.273 e. The van der Waals surface area contributed by atoms with Crippen molar-refractivity contribution in [2.75, 3.05) is 5.43 Å². The van der Waals surface area contributed by atoms with Gasteiger partial charge in [-0.3, -0.25) is 4.79 Å². The van der Waals surface area contributed by atoms with E-state index in [9.17, 15) is 4.79 Å². The number of carbonyl (C=O) groups is 1. The van der Waals surface area contributed by atoms with E-state index in [1.165, 1.54) is 6.33 Å². The number of aromatic nitrogens is 4. The molecule has 0 unspecified atom stereocenters. The van der Waals surface area contributed by atoms with Crippen molar-refractivity contribution in [3.63, 3.8) is 0 Å². The first-order valence-corrected chi connectivity index (χ1v) is 4.21. The van der Waals surface area contributed by atoms with E-state index in [4.69, 9.17) is 0 Å². The molecule has 1 aromatic heterocycles. The van der Waals surface area contributed by atoms with E-state index in [-0.39, 0.29) is 5.91 Å². The highest BCUT2D eigenvalue weighted by Crippen LogP contribution is 2.02. The van der Waals surface area contributed by atoms with E-state index < -0.39 is 0 Å². The lowest BCUT2D eigenvalue weighted by atomic mass is 10.1. The van der Waals surface area contributed by atoms with Gasteiger partial charge >= 0.3 is 0 Å². The van der Waals surface area contributed by atoms with Crippen molar-refractivity contribution in [2.45, 2.75) is 26.7 Å². The molecule has 0 spiro atoms. The summed E-state index contributed by atoms with van der Waals surface area (Å²) in [6.45, 7) is 4.14. The molecule has 0 bridgehead atoms. The summed E-state index contributed by atoms with van der Waals surface area (Å²) in [7, 11) is 0. The van der Waals surface area contributed by atoms with Crippen LogP contribution in [0.3, 0.4) is 0 Å². The molecule has 1 heterocycles. The number of rotatable bonds is 4. The Morgan fingerprint density at radius 1 is 1.62 bits per heavy atom. The first-order chi connectivity index (χ1) is 6.18. The highest BCUT2D eigenvalue weighted by atomic mass is 16.2. The quantitative estimate of drug-likeness (QED) is 0.722. The molecule has 0 aliphatic rings. The Hall–Kier alpha value is -1.46. The zero-order chi connectivity index (χ0) is 9.68. The highest BCUT2D eigenvalue weighted by Gasteiger charge is 2.03. The van der Waals surface area contributed by atoms with E-state index in [0.29, 0.717) is 12.3 Å². The van der Waals surface area contributed by atoms with Gasteiger partial charge in [0.2, 0.25) is 5.91 Å². The molecule has 1 aromatic rings. The van der Waals surface area contributed by atoms with Crippen molar-refractivity contribution in [2.24, 2.45) is 5.92 Å². The summed E-state index contributed by atoms with van der Waals surface area (Å²) >= 11 is 0. The maximum atomic E-state index is 11.2. The van der Waals surface area contributed by atoms with Crippen LogP contribution in [0.5, 0.6) is 0 Å². The summed E-state index contributed by atoms with van der Waals surface area (Å²) < 4.78 is 0. The number of tetrazole rings is 1. The molecule has 0 saturated carbocycles. The molecule has 6 heteroatoms. The zero-order valence-corrected chi connectivity index (χ0v) is 7.77. The second-order valence-electron chi connectivity index (χ2n) is 3.19. The van der Waals surface area contributed by atoms with Gasteiger partial charge < -0.3 is 0 Å². The summed E-state index contributed by atoms with van der Waals surface area (Å²) in [6, 6.07) is 0. The lowest BCUT2D eigenvalue weighted by Crippen LogP contribution is -2.25. The minimum absolute atomic E-state index is 0.0910. The monoisotopic (exact) mass is 183 g/mol. The fraction of sp³-hybridized carbons (Fsp3) is 0.714. The summed E-state index contributed by atoms with van der Waals surface area (Å²) in [5.41, 5.74) is 2.47. The van der Waals surface area contributed by atoms with Crippen LogP contribution in [0, 0.1) is 5.92 Å². The maximum absolute atomic E-state index is 11.2. The molecular formula is C7H13N5O. The van der Waals surface area contributed by atoms with Crippen molar-refractivity contribution in [1.82, 2.24) is 20.3 Å². The third-order valence-electron chi connectivity index (χ3n) is 1.52. The lowest BCUT2D eigenvalue weighted by Gasteiger charge is -2.03. The normalized spacial score (nSPS) is 10.4. The first-order valence-electron chi connectivity index (χ1n) is 4.21. The van der Waals surface area contributed by atoms with Crippen LogP contribution in [0.2, 0.25) is 0 Å². The second kappa shape index (κ2) is 4.54. The molecule has 0 aromatic carbocycles. The molecule has 1 N–H and O–H groups in total. The standard InChI is InChI=1S/C7H13N5O/c1-6(2)3-4-7(13)10-12-9-5-8-11-12/h5-6H,3-4H2,1-2H3,(H,10,13). The third-order valence-corrected chi connectivity index (χ3v) is 1.52. The summed E-state index contributed by atoms with van der Waals surface area (Å²) in [4.78, 5) is 12.2. The van der Waals surface area contributed by atoms with Crippen LogP contribution in [0.1, 0.15) is 26.7 Å². The number of nitrogens with zero attached hydrogens (tertiary/aromatic N) is 4. The van der Waals surface area contributed by atoms with Crippen molar-refractivity contribution in [3.05, 3.63) is 6.33 Å². The van der Waals surface area contributed by atoms with Crippen LogP contribution < -0.4 is 5.43 Å². The molecule has 1 rings (SSSR count). The Bertz CT molecular complexity index is 256. The number of hydrogen-bond acceptors (Lipinski definition) is 4. The summed E-state index contributed by atoms with van der Waals surface area (Å²) in [6.07, 6.45) is 2.61. The van der Waals surface area contributed by atoms with Crippen molar-refractivity contribution in [1.29, 1.82) is 0 Å². The van der Waals surface area contributed by atoms with Gasteiger partial charge in [0.1, 0.15) is 0 Å². The number of carbonyl (C=O) groups excluding carboxylic acids is 1. The van der Waals surface area contributed by atoms with Gasteiger partial charge in [0.15, 0.2) is 6.33 Å². The smallest absolute Gasteiger partial charge is 0.241 e. The number of nitrogens with one attached hydrogen (secondary N) is 1. The molecule has 6 nitrogen and oxygen atoms in total. The Labute approximate surface area is 76.3 Å². The van der Waals surface area contributed by atoms with Gasteiger partial charge in [0.25, 0.3) is 0 Å². The SMILES string of the molecule is CC(C)CCC(=O)Nn1ncnn1. The van der Waals surface area contributed by atoms with Gasteiger partial charge in [-0.15, -0.1) is 10.2 Å². The van der Waals surface area contributed by atoms with Crippen LogP contribution in [0.4, 0.5) is 0 Å². The van der Waals surface area contributed by atoms with E-state index in [1.54, 1.807) is 0 Å². The Morgan fingerprint density at radius 2 is 2.38 bits per heavy atom. The molecule has 1 amide bonds. The fourth-order valence-corrected chi connectivity index (χ4v) is 0.806. The van der Waals surface area contributed by atoms with Gasteiger partial charge in [-0.1, -0.05) is 18.8 Å². The minimum atomic E-state index is -0.0910. The van der Waals surface area contributed by atoms with Crippen LogP contribution >= 0.6 is 0 Å². The average molecular weight is 183 g/mol. The molecule has 0 fully saturated rings. The average Bonchev–Trinajstić information content (AvgIpc) is 2.53. The molecular weight excluding hydrogens is 170 g/mol. The maximum Gasteiger partial charge on any atom is 0.241 e. The predicted octanol–water partition coefficient (Wildman–Crippen LogP) is 0.179. The van der Waals surface area contributed by atoms with E-state index >= 15 is 0 Å². The fourth-order valence-electron chi connectivity index (χ4n) is 0.806. The summed E-state index contributed by atoms with van der Waals surface area (Å²) in [5.74, 6) is 0.432. The molecule has 0 saturated heterocycles. The van der Waals surface area contributed by atoms with Crippen LogP contribution in [-0.2, 0) is 4.79 Å².